The summed E-state index contributed by atoms with van der Waals surface area (Å²) in [6.45, 7) is 0. The predicted molar refractivity (Wildman–Crippen MR) is 245 cm³/mol. The molecule has 0 fully saturated rings. The monoisotopic (exact) mass is 790 g/mol. The average Bonchev–Trinajstić information content (AvgIpc) is 3.79. The quantitative estimate of drug-likeness (QED) is 0.159. The van der Waals surface area contributed by atoms with Gasteiger partial charge in [0.15, 0.2) is 0 Å². The zero-order chi connectivity index (χ0) is 37.9. The van der Waals surface area contributed by atoms with Gasteiger partial charge in [0, 0.05) is 37.4 Å². The van der Waals surface area contributed by atoms with E-state index in [1.165, 1.54) is 88.1 Å². The van der Waals surface area contributed by atoms with Crippen molar-refractivity contribution in [3.8, 4) is 55.9 Å². The van der Waals surface area contributed by atoms with E-state index in [9.17, 15) is 0 Å². The Balaban J connectivity index is 1.11. The molecule has 0 amide bonds. The molecule has 11 rings (SSSR count). The topological polar surface area (TPSA) is 9.86 Å². The van der Waals surface area contributed by atoms with Gasteiger partial charge < -0.3 is 9.13 Å². The van der Waals surface area contributed by atoms with Crippen molar-refractivity contribution in [1.82, 2.24) is 9.13 Å². The molecule has 0 radical (unpaired) electrons. The van der Waals surface area contributed by atoms with E-state index in [0.29, 0.717) is 0 Å². The molecule has 0 atom stereocenters. The van der Waals surface area contributed by atoms with Crippen LogP contribution in [0.4, 0.5) is 0 Å². The number of nitrogens with zero attached hydrogens (tertiary/aromatic N) is 2. The lowest BCUT2D eigenvalue weighted by Gasteiger charge is -2.14. The molecule has 3 heteroatoms. The van der Waals surface area contributed by atoms with Gasteiger partial charge in [-0.2, -0.15) is 0 Å². The molecule has 0 saturated carbocycles. The molecular weight excluding hydrogens is 757 g/mol. The molecule has 0 aliphatic heterocycles. The maximum Gasteiger partial charge on any atom is 0.0547 e. The van der Waals surface area contributed by atoms with E-state index in [2.05, 4.69) is 237 Å². The number of hydrogen-bond acceptors (Lipinski definition) is 0. The lowest BCUT2D eigenvalue weighted by Crippen LogP contribution is -1.94. The molecular formula is C54H35BrN2. The first-order valence-corrected chi connectivity index (χ1v) is 20.2. The molecule has 0 spiro atoms. The van der Waals surface area contributed by atoms with Gasteiger partial charge in [-0.3, -0.25) is 0 Å². The Bertz CT molecular complexity index is 3260. The summed E-state index contributed by atoms with van der Waals surface area (Å²) in [7, 11) is 0. The van der Waals surface area contributed by atoms with Crippen LogP contribution >= 0.6 is 15.9 Å². The van der Waals surface area contributed by atoms with Crippen molar-refractivity contribution in [1.29, 1.82) is 0 Å². The first-order valence-electron chi connectivity index (χ1n) is 19.4. The van der Waals surface area contributed by atoms with Gasteiger partial charge in [0.05, 0.1) is 22.1 Å². The Hall–Kier alpha value is -6.94. The summed E-state index contributed by atoms with van der Waals surface area (Å²) in [5.74, 6) is 0. The van der Waals surface area contributed by atoms with Crippen LogP contribution in [0.5, 0.6) is 0 Å². The third-order valence-corrected chi connectivity index (χ3v) is 11.9. The van der Waals surface area contributed by atoms with E-state index in [4.69, 9.17) is 0 Å². The Morgan fingerprint density at radius 2 is 0.614 bits per heavy atom. The first-order chi connectivity index (χ1) is 28.2. The number of fused-ring (bicyclic) bond motifs is 6. The minimum atomic E-state index is 1.07. The second-order valence-electron chi connectivity index (χ2n) is 14.7. The van der Waals surface area contributed by atoms with Gasteiger partial charge in [-0.25, -0.2) is 0 Å². The van der Waals surface area contributed by atoms with Gasteiger partial charge in [0.2, 0.25) is 0 Å². The zero-order valence-electron chi connectivity index (χ0n) is 31.0. The molecule has 9 aromatic carbocycles. The Labute approximate surface area is 339 Å². The molecule has 0 aliphatic carbocycles. The van der Waals surface area contributed by atoms with Gasteiger partial charge >= 0.3 is 0 Å². The van der Waals surface area contributed by atoms with E-state index in [-0.39, 0.29) is 0 Å². The van der Waals surface area contributed by atoms with Gasteiger partial charge in [0.1, 0.15) is 0 Å². The zero-order valence-corrected chi connectivity index (χ0v) is 32.6. The lowest BCUT2D eigenvalue weighted by atomic mass is 9.92. The number of hydrogen-bond donors (Lipinski definition) is 0. The highest BCUT2D eigenvalue weighted by molar-refractivity contribution is 9.10. The van der Waals surface area contributed by atoms with E-state index < -0.39 is 0 Å². The third-order valence-electron chi connectivity index (χ3n) is 11.4. The highest BCUT2D eigenvalue weighted by Gasteiger charge is 2.17. The number of para-hydroxylation sites is 3. The van der Waals surface area contributed by atoms with Crippen LogP contribution in [0.3, 0.4) is 0 Å². The van der Waals surface area contributed by atoms with Crippen molar-refractivity contribution in [2.75, 3.05) is 0 Å². The van der Waals surface area contributed by atoms with Crippen molar-refractivity contribution < 1.29 is 0 Å². The molecule has 57 heavy (non-hydrogen) atoms. The molecule has 11 aromatic rings. The number of rotatable bonds is 6. The summed E-state index contributed by atoms with van der Waals surface area (Å²) in [4.78, 5) is 0. The summed E-state index contributed by atoms with van der Waals surface area (Å²) in [5, 5.41) is 4.99. The predicted octanol–water partition coefficient (Wildman–Crippen LogP) is 15.3. The Kier molecular flexibility index (Phi) is 8.01. The molecule has 2 nitrogen and oxygen atoms in total. The Morgan fingerprint density at radius 1 is 0.246 bits per heavy atom. The second kappa shape index (κ2) is 13.7. The van der Waals surface area contributed by atoms with Crippen molar-refractivity contribution in [2.45, 2.75) is 0 Å². The largest absolute Gasteiger partial charge is 0.309 e. The number of benzene rings is 9. The van der Waals surface area contributed by atoms with Crippen LogP contribution in [-0.4, -0.2) is 9.13 Å². The smallest absolute Gasteiger partial charge is 0.0547 e. The van der Waals surface area contributed by atoms with E-state index in [1.54, 1.807) is 0 Å². The van der Waals surface area contributed by atoms with Gasteiger partial charge in [-0.1, -0.05) is 149 Å². The van der Waals surface area contributed by atoms with Gasteiger partial charge in [0.25, 0.3) is 0 Å². The summed E-state index contributed by atoms with van der Waals surface area (Å²) >= 11 is 3.66. The highest BCUT2D eigenvalue weighted by Crippen LogP contribution is 2.40. The molecule has 2 heterocycles. The summed E-state index contributed by atoms with van der Waals surface area (Å²) < 4.78 is 5.88. The van der Waals surface area contributed by atoms with Crippen molar-refractivity contribution in [3.63, 3.8) is 0 Å². The van der Waals surface area contributed by atoms with Crippen molar-refractivity contribution in [2.24, 2.45) is 0 Å². The van der Waals surface area contributed by atoms with Crippen LogP contribution in [0.2, 0.25) is 0 Å². The Morgan fingerprint density at radius 3 is 1.16 bits per heavy atom. The van der Waals surface area contributed by atoms with Crippen LogP contribution in [0.25, 0.3) is 99.5 Å². The summed E-state index contributed by atoms with van der Waals surface area (Å²) in [6, 6.07) is 77.3. The standard InChI is InChI=1S/C54H35BrN2/c55-44-25-19-38(20-26-44)41-31-42(39-23-29-49-47-15-7-9-17-51(47)56(53(49)34-39)45-13-5-2-6-14-45)33-43(32-41)40-24-30-50-48-16-8-10-18-52(48)57(54(50)35-40)46-27-21-37(22-28-46)36-11-3-1-4-12-36/h1-35H. The second-order valence-corrected chi connectivity index (χ2v) is 15.6. The molecule has 0 bridgehead atoms. The summed E-state index contributed by atoms with van der Waals surface area (Å²) in [5.41, 5.74) is 16.6. The van der Waals surface area contributed by atoms with Crippen LogP contribution in [-0.2, 0) is 0 Å². The molecule has 0 aliphatic rings. The number of aromatic nitrogens is 2. The molecule has 0 unspecified atom stereocenters. The third kappa shape index (κ3) is 5.78. The van der Waals surface area contributed by atoms with Gasteiger partial charge in [-0.15, -0.1) is 0 Å². The fraction of sp³-hybridized carbons (Fsp3) is 0. The summed E-state index contributed by atoms with van der Waals surface area (Å²) in [6.07, 6.45) is 0. The fourth-order valence-electron chi connectivity index (χ4n) is 8.64. The lowest BCUT2D eigenvalue weighted by molar-refractivity contribution is 1.18. The normalized spacial score (nSPS) is 11.6. The molecule has 2 aromatic heterocycles. The first kappa shape index (κ1) is 33.4. The van der Waals surface area contributed by atoms with E-state index in [1.807, 2.05) is 0 Å². The molecule has 0 saturated heterocycles. The average molecular weight is 792 g/mol. The highest BCUT2D eigenvalue weighted by atomic mass is 79.9. The van der Waals surface area contributed by atoms with Gasteiger partial charge in [-0.05, 0) is 123 Å². The SMILES string of the molecule is Brc1ccc(-c2cc(-c3ccc4c5ccccc5n(-c5ccccc5)c4c3)cc(-c3ccc4c5ccccc5n(-c5ccc(-c6ccccc6)cc5)c4c3)c2)cc1. The van der Waals surface area contributed by atoms with E-state index >= 15 is 0 Å². The minimum Gasteiger partial charge on any atom is -0.309 e. The molecule has 268 valence electrons. The van der Waals surface area contributed by atoms with Crippen LogP contribution in [0, 0.1) is 0 Å². The van der Waals surface area contributed by atoms with Crippen LogP contribution in [0.15, 0.2) is 217 Å². The maximum atomic E-state index is 3.66. The van der Waals surface area contributed by atoms with Crippen LogP contribution in [0.1, 0.15) is 0 Å². The van der Waals surface area contributed by atoms with Crippen LogP contribution < -0.4 is 0 Å². The van der Waals surface area contributed by atoms with Crippen molar-refractivity contribution >= 4 is 59.5 Å². The van der Waals surface area contributed by atoms with E-state index in [0.717, 1.165) is 15.8 Å². The maximum absolute atomic E-state index is 3.66. The molecule has 0 N–H and O–H groups in total. The number of halogens is 1. The minimum absolute atomic E-state index is 1.07. The van der Waals surface area contributed by atoms with Crippen molar-refractivity contribution in [3.05, 3.63) is 217 Å². The fourth-order valence-corrected chi connectivity index (χ4v) is 8.90.